The number of aromatic hydroxyl groups is 4. The van der Waals surface area contributed by atoms with Crippen LogP contribution in [0.25, 0.3) is 10.9 Å². The molecule has 8 nitrogen and oxygen atoms in total. The molecule has 0 fully saturated rings. The number of phenols is 4. The van der Waals surface area contributed by atoms with Crippen molar-refractivity contribution >= 4 is 22.5 Å². The minimum absolute atomic E-state index is 0.0248. The molecule has 122 valence electrons. The Bertz CT molecular complexity index is 1010. The van der Waals surface area contributed by atoms with Crippen LogP contribution in [0.3, 0.4) is 0 Å². The van der Waals surface area contributed by atoms with Crippen LogP contribution in [0.4, 0.5) is 5.69 Å². The van der Waals surface area contributed by atoms with Gasteiger partial charge in [0, 0.05) is 18.0 Å². The highest BCUT2D eigenvalue weighted by Gasteiger charge is 2.19. The molecular formula is C16H12N2O6. The van der Waals surface area contributed by atoms with Crippen LogP contribution in [0.15, 0.2) is 41.3 Å². The van der Waals surface area contributed by atoms with Gasteiger partial charge in [0.05, 0.1) is 10.9 Å². The molecule has 0 saturated heterocycles. The summed E-state index contributed by atoms with van der Waals surface area (Å²) in [5.74, 6) is -2.97. The molecule has 0 atom stereocenters. The number of fused-ring (bicyclic) bond motifs is 1. The summed E-state index contributed by atoms with van der Waals surface area (Å²) < 4.78 is 0. The third-order valence-electron chi connectivity index (χ3n) is 3.47. The van der Waals surface area contributed by atoms with Crippen molar-refractivity contribution in [1.82, 2.24) is 4.98 Å². The van der Waals surface area contributed by atoms with Gasteiger partial charge in [0.2, 0.25) is 11.2 Å². The average Bonchev–Trinajstić information content (AvgIpc) is 2.54. The highest BCUT2D eigenvalue weighted by Crippen LogP contribution is 2.38. The number of hydrogen-bond donors (Lipinski definition) is 6. The molecule has 0 spiro atoms. The number of carbonyl (C=O) groups excluding carboxylic acids is 1. The quantitative estimate of drug-likeness (QED) is 0.311. The van der Waals surface area contributed by atoms with Crippen LogP contribution in [0.1, 0.15) is 10.4 Å². The maximum atomic E-state index is 12.4. The van der Waals surface area contributed by atoms with Gasteiger partial charge < -0.3 is 30.7 Å². The molecule has 0 saturated carbocycles. The minimum atomic E-state index is -0.843. The predicted octanol–water partition coefficient (Wildman–Crippen LogP) is 1.60. The lowest BCUT2D eigenvalue weighted by molar-refractivity contribution is 0.102. The second kappa shape index (κ2) is 5.51. The Morgan fingerprint density at radius 3 is 2.33 bits per heavy atom. The lowest BCUT2D eigenvalue weighted by Crippen LogP contribution is -2.22. The lowest BCUT2D eigenvalue weighted by atomic mass is 10.1. The van der Waals surface area contributed by atoms with Crippen molar-refractivity contribution in [3.05, 3.63) is 52.3 Å². The number of H-pyrrole nitrogens is 1. The predicted molar refractivity (Wildman–Crippen MR) is 85.6 cm³/mol. The summed E-state index contributed by atoms with van der Waals surface area (Å²) in [4.78, 5) is 27.3. The summed E-state index contributed by atoms with van der Waals surface area (Å²) in [7, 11) is 0. The zero-order valence-corrected chi connectivity index (χ0v) is 12.1. The highest BCUT2D eigenvalue weighted by molar-refractivity contribution is 6.06. The van der Waals surface area contributed by atoms with Gasteiger partial charge in [-0.15, -0.1) is 0 Å². The summed E-state index contributed by atoms with van der Waals surface area (Å²) in [5, 5.41) is 40.2. The molecule has 2 aromatic carbocycles. The Kier molecular flexibility index (Phi) is 3.49. The molecule has 0 bridgehead atoms. The lowest BCUT2D eigenvalue weighted by Gasteiger charge is -2.08. The minimum Gasteiger partial charge on any atom is -0.508 e. The number of carbonyl (C=O) groups is 1. The Balaban J connectivity index is 2.07. The van der Waals surface area contributed by atoms with Crippen LogP contribution in [0.5, 0.6) is 23.0 Å². The van der Waals surface area contributed by atoms with Gasteiger partial charge in [-0.2, -0.15) is 0 Å². The number of rotatable bonds is 2. The van der Waals surface area contributed by atoms with Gasteiger partial charge in [0.1, 0.15) is 11.3 Å². The molecule has 24 heavy (non-hydrogen) atoms. The van der Waals surface area contributed by atoms with Crippen LogP contribution in [-0.2, 0) is 0 Å². The van der Waals surface area contributed by atoms with Crippen LogP contribution < -0.4 is 10.7 Å². The SMILES string of the molecule is O=C(Nc1ccc(O)cc1)c1c[nH]c2cc(O)c(O)c(O)c2c1=O. The number of hydrogen-bond acceptors (Lipinski definition) is 6. The Morgan fingerprint density at radius 2 is 1.67 bits per heavy atom. The number of anilines is 1. The molecule has 0 unspecified atom stereocenters. The summed E-state index contributed by atoms with van der Waals surface area (Å²) in [6.07, 6.45) is 1.14. The fourth-order valence-corrected chi connectivity index (χ4v) is 2.25. The second-order valence-corrected chi connectivity index (χ2v) is 5.05. The van der Waals surface area contributed by atoms with Gasteiger partial charge in [-0.3, -0.25) is 9.59 Å². The van der Waals surface area contributed by atoms with E-state index in [2.05, 4.69) is 10.3 Å². The van der Waals surface area contributed by atoms with Gasteiger partial charge >= 0.3 is 0 Å². The maximum Gasteiger partial charge on any atom is 0.261 e. The number of benzene rings is 2. The van der Waals surface area contributed by atoms with E-state index in [4.69, 9.17) is 0 Å². The fourth-order valence-electron chi connectivity index (χ4n) is 2.25. The van der Waals surface area contributed by atoms with Gasteiger partial charge in [0.15, 0.2) is 11.5 Å². The van der Waals surface area contributed by atoms with Crippen LogP contribution in [-0.4, -0.2) is 31.3 Å². The van der Waals surface area contributed by atoms with Crippen LogP contribution in [0.2, 0.25) is 0 Å². The first-order chi connectivity index (χ1) is 11.4. The zero-order chi connectivity index (χ0) is 17.4. The molecule has 0 aliphatic heterocycles. The summed E-state index contributed by atoms with van der Waals surface area (Å²) in [6, 6.07) is 6.70. The Labute approximate surface area is 134 Å². The molecule has 3 rings (SSSR count). The highest BCUT2D eigenvalue weighted by atomic mass is 16.3. The molecule has 0 aliphatic rings. The Hall–Kier alpha value is -3.68. The average molecular weight is 328 g/mol. The van der Waals surface area contributed by atoms with Crippen molar-refractivity contribution in [3.63, 3.8) is 0 Å². The normalized spacial score (nSPS) is 10.7. The van der Waals surface area contributed by atoms with Gasteiger partial charge in [-0.05, 0) is 24.3 Å². The van der Waals surface area contributed by atoms with Crippen molar-refractivity contribution in [1.29, 1.82) is 0 Å². The van der Waals surface area contributed by atoms with Gasteiger partial charge in [-0.1, -0.05) is 0 Å². The molecule has 0 aliphatic carbocycles. The van der Waals surface area contributed by atoms with E-state index in [0.29, 0.717) is 5.69 Å². The van der Waals surface area contributed by atoms with E-state index in [-0.39, 0.29) is 22.2 Å². The molecule has 0 radical (unpaired) electrons. The van der Waals surface area contributed by atoms with Crippen molar-refractivity contribution in [2.75, 3.05) is 5.32 Å². The van der Waals surface area contributed by atoms with E-state index >= 15 is 0 Å². The molecule has 8 heteroatoms. The number of phenolic OH excluding ortho intramolecular Hbond substituents is 4. The smallest absolute Gasteiger partial charge is 0.261 e. The Morgan fingerprint density at radius 1 is 1.00 bits per heavy atom. The first kappa shape index (κ1) is 15.2. The van der Waals surface area contributed by atoms with E-state index in [1.807, 2.05) is 0 Å². The number of nitrogens with one attached hydrogen (secondary N) is 2. The molecule has 1 heterocycles. The van der Waals surface area contributed by atoms with Gasteiger partial charge in [0.25, 0.3) is 5.91 Å². The zero-order valence-electron chi connectivity index (χ0n) is 12.1. The number of amides is 1. The third-order valence-corrected chi connectivity index (χ3v) is 3.47. The van der Waals surface area contributed by atoms with Gasteiger partial charge in [-0.25, -0.2) is 0 Å². The van der Waals surface area contributed by atoms with Crippen LogP contribution in [0, 0.1) is 0 Å². The van der Waals surface area contributed by atoms with E-state index in [1.165, 1.54) is 24.3 Å². The summed E-state index contributed by atoms with van der Waals surface area (Å²) in [5.41, 5.74) is -0.687. The maximum absolute atomic E-state index is 12.4. The topological polar surface area (TPSA) is 143 Å². The third kappa shape index (κ3) is 2.45. The van der Waals surface area contributed by atoms with E-state index in [1.54, 1.807) is 0 Å². The fraction of sp³-hybridized carbons (Fsp3) is 0. The van der Waals surface area contributed by atoms with E-state index in [0.717, 1.165) is 12.3 Å². The second-order valence-electron chi connectivity index (χ2n) is 5.05. The van der Waals surface area contributed by atoms with E-state index in [9.17, 15) is 30.0 Å². The standard InChI is InChI=1S/C16H12N2O6/c19-8-3-1-7(2-4-8)18-16(24)9-6-17-10-5-11(20)14(22)15(23)12(10)13(9)21/h1-6,19-20,22-23H,(H,17,21)(H,18,24). The van der Waals surface area contributed by atoms with Crippen LogP contribution >= 0.6 is 0 Å². The summed E-state index contributed by atoms with van der Waals surface area (Å²) in [6.45, 7) is 0. The molecular weight excluding hydrogens is 316 g/mol. The van der Waals surface area contributed by atoms with Crippen molar-refractivity contribution < 1.29 is 25.2 Å². The first-order valence-electron chi connectivity index (χ1n) is 6.78. The van der Waals surface area contributed by atoms with E-state index < -0.39 is 28.6 Å². The number of pyridine rings is 1. The van der Waals surface area contributed by atoms with Crippen molar-refractivity contribution in [2.24, 2.45) is 0 Å². The van der Waals surface area contributed by atoms with Crippen molar-refractivity contribution in [3.8, 4) is 23.0 Å². The first-order valence-corrected chi connectivity index (χ1v) is 6.78. The molecule has 6 N–H and O–H groups in total. The van der Waals surface area contributed by atoms with Crippen molar-refractivity contribution in [2.45, 2.75) is 0 Å². The number of aromatic nitrogens is 1. The summed E-state index contributed by atoms with van der Waals surface area (Å²) >= 11 is 0. The molecule has 1 amide bonds. The number of aromatic amines is 1. The molecule has 3 aromatic rings. The largest absolute Gasteiger partial charge is 0.508 e. The molecule has 1 aromatic heterocycles. The monoisotopic (exact) mass is 328 g/mol.